The minimum atomic E-state index is -0.145. The lowest BCUT2D eigenvalue weighted by atomic mass is 10.3. The molecule has 21 heavy (non-hydrogen) atoms. The van der Waals surface area contributed by atoms with E-state index in [1.807, 2.05) is 18.2 Å². The summed E-state index contributed by atoms with van der Waals surface area (Å²) in [6.07, 6.45) is 0. The first kappa shape index (κ1) is 15.3. The molecule has 0 radical (unpaired) electrons. The van der Waals surface area contributed by atoms with Crippen LogP contribution in [0, 0.1) is 0 Å². The SMILES string of the molecule is CN(C)C(=O)c1ccc(NCCSc2ccccc2)nn1. The number of rotatable bonds is 6. The van der Waals surface area contributed by atoms with E-state index in [-0.39, 0.29) is 5.91 Å². The molecule has 0 saturated carbocycles. The Balaban J connectivity index is 1.77. The predicted molar refractivity (Wildman–Crippen MR) is 85.7 cm³/mol. The summed E-state index contributed by atoms with van der Waals surface area (Å²) in [5.41, 5.74) is 0.351. The number of carbonyl (C=O) groups excluding carboxylic acids is 1. The zero-order valence-electron chi connectivity index (χ0n) is 12.1. The van der Waals surface area contributed by atoms with Gasteiger partial charge < -0.3 is 10.2 Å². The van der Waals surface area contributed by atoms with Gasteiger partial charge >= 0.3 is 0 Å². The number of thioether (sulfide) groups is 1. The molecular weight excluding hydrogens is 284 g/mol. The van der Waals surface area contributed by atoms with E-state index in [4.69, 9.17) is 0 Å². The van der Waals surface area contributed by atoms with Gasteiger partial charge in [0.1, 0.15) is 5.82 Å². The van der Waals surface area contributed by atoms with Gasteiger partial charge in [-0.15, -0.1) is 22.0 Å². The summed E-state index contributed by atoms with van der Waals surface area (Å²) in [5.74, 6) is 1.47. The van der Waals surface area contributed by atoms with E-state index >= 15 is 0 Å². The Kier molecular flexibility index (Phi) is 5.57. The van der Waals surface area contributed by atoms with Gasteiger partial charge in [0.05, 0.1) is 0 Å². The Labute approximate surface area is 128 Å². The summed E-state index contributed by atoms with van der Waals surface area (Å²) >= 11 is 1.78. The van der Waals surface area contributed by atoms with E-state index in [0.717, 1.165) is 12.3 Å². The molecule has 1 amide bonds. The van der Waals surface area contributed by atoms with E-state index in [2.05, 4.69) is 27.6 Å². The Morgan fingerprint density at radius 3 is 2.52 bits per heavy atom. The van der Waals surface area contributed by atoms with Gasteiger partial charge in [-0.1, -0.05) is 18.2 Å². The molecule has 0 unspecified atom stereocenters. The van der Waals surface area contributed by atoms with E-state index in [1.54, 1.807) is 38.0 Å². The molecular formula is C15H18N4OS. The average molecular weight is 302 g/mol. The number of hydrogen-bond acceptors (Lipinski definition) is 5. The molecule has 1 heterocycles. The van der Waals surface area contributed by atoms with Crippen molar-refractivity contribution in [2.75, 3.05) is 31.7 Å². The highest BCUT2D eigenvalue weighted by Crippen LogP contribution is 2.16. The van der Waals surface area contributed by atoms with Gasteiger partial charge in [0.2, 0.25) is 0 Å². The molecule has 1 aromatic heterocycles. The van der Waals surface area contributed by atoms with Crippen molar-refractivity contribution < 1.29 is 4.79 Å². The molecule has 110 valence electrons. The van der Waals surface area contributed by atoms with Gasteiger partial charge in [0.25, 0.3) is 5.91 Å². The van der Waals surface area contributed by atoms with Gasteiger partial charge in [-0.05, 0) is 24.3 Å². The van der Waals surface area contributed by atoms with Crippen LogP contribution in [0.1, 0.15) is 10.5 Å². The fourth-order valence-electron chi connectivity index (χ4n) is 1.63. The number of nitrogens with zero attached hydrogens (tertiary/aromatic N) is 3. The molecule has 0 saturated heterocycles. The maximum absolute atomic E-state index is 11.7. The summed E-state index contributed by atoms with van der Waals surface area (Å²) in [5, 5.41) is 11.1. The monoisotopic (exact) mass is 302 g/mol. The maximum atomic E-state index is 11.7. The minimum Gasteiger partial charge on any atom is -0.368 e. The molecule has 0 bridgehead atoms. The van der Waals surface area contributed by atoms with Gasteiger partial charge in [0, 0.05) is 31.3 Å². The van der Waals surface area contributed by atoms with Crippen LogP contribution >= 0.6 is 11.8 Å². The van der Waals surface area contributed by atoms with Crippen molar-refractivity contribution in [3.63, 3.8) is 0 Å². The van der Waals surface area contributed by atoms with Gasteiger partial charge in [-0.2, -0.15) is 0 Å². The van der Waals surface area contributed by atoms with Crippen LogP contribution < -0.4 is 5.32 Å². The third-order valence-corrected chi connectivity index (χ3v) is 3.72. The molecule has 2 aromatic rings. The van der Waals surface area contributed by atoms with E-state index in [1.165, 1.54) is 9.80 Å². The number of benzene rings is 1. The van der Waals surface area contributed by atoms with Crippen LogP contribution in [0.25, 0.3) is 0 Å². The Morgan fingerprint density at radius 1 is 1.14 bits per heavy atom. The lowest BCUT2D eigenvalue weighted by molar-refractivity contribution is 0.0821. The van der Waals surface area contributed by atoms with Crippen LogP contribution in [-0.4, -0.2) is 47.4 Å². The standard InChI is InChI=1S/C15H18N4OS/c1-19(2)15(20)13-8-9-14(18-17-13)16-10-11-21-12-6-4-3-5-7-12/h3-9H,10-11H2,1-2H3,(H,16,18). The van der Waals surface area contributed by atoms with Crippen molar-refractivity contribution in [2.24, 2.45) is 0 Å². The summed E-state index contributed by atoms with van der Waals surface area (Å²) in [4.78, 5) is 14.4. The van der Waals surface area contributed by atoms with E-state index < -0.39 is 0 Å². The molecule has 0 fully saturated rings. The predicted octanol–water partition coefficient (Wildman–Crippen LogP) is 2.38. The maximum Gasteiger partial charge on any atom is 0.273 e. The summed E-state index contributed by atoms with van der Waals surface area (Å²) in [6.45, 7) is 0.787. The number of nitrogens with one attached hydrogen (secondary N) is 1. The molecule has 0 aliphatic carbocycles. The van der Waals surface area contributed by atoms with Crippen LogP contribution in [0.4, 0.5) is 5.82 Å². The topological polar surface area (TPSA) is 58.1 Å². The Hall–Kier alpha value is -2.08. The first-order valence-electron chi connectivity index (χ1n) is 6.64. The second kappa shape index (κ2) is 7.64. The van der Waals surface area contributed by atoms with Crippen LogP contribution in [0.5, 0.6) is 0 Å². The third kappa shape index (κ3) is 4.75. The van der Waals surface area contributed by atoms with Crippen molar-refractivity contribution in [1.82, 2.24) is 15.1 Å². The highest BCUT2D eigenvalue weighted by molar-refractivity contribution is 7.99. The first-order chi connectivity index (χ1) is 10.2. The molecule has 5 nitrogen and oxygen atoms in total. The highest BCUT2D eigenvalue weighted by Gasteiger charge is 2.09. The number of hydrogen-bond donors (Lipinski definition) is 1. The first-order valence-corrected chi connectivity index (χ1v) is 7.62. The number of aromatic nitrogens is 2. The molecule has 6 heteroatoms. The average Bonchev–Trinajstić information content (AvgIpc) is 2.52. The van der Waals surface area contributed by atoms with Crippen molar-refractivity contribution in [3.8, 4) is 0 Å². The van der Waals surface area contributed by atoms with Crippen molar-refractivity contribution in [1.29, 1.82) is 0 Å². The van der Waals surface area contributed by atoms with Gasteiger partial charge in [-0.3, -0.25) is 4.79 Å². The lowest BCUT2D eigenvalue weighted by Gasteiger charge is -2.09. The molecule has 0 spiro atoms. The summed E-state index contributed by atoms with van der Waals surface area (Å²) in [7, 11) is 3.38. The molecule has 0 aliphatic heterocycles. The summed E-state index contributed by atoms with van der Waals surface area (Å²) in [6, 6.07) is 13.7. The largest absolute Gasteiger partial charge is 0.368 e. The minimum absolute atomic E-state index is 0.145. The molecule has 0 atom stereocenters. The Bertz CT molecular complexity index is 572. The number of carbonyl (C=O) groups is 1. The van der Waals surface area contributed by atoms with Crippen molar-refractivity contribution in [3.05, 3.63) is 48.2 Å². The fraction of sp³-hybridized carbons (Fsp3) is 0.267. The molecule has 2 rings (SSSR count). The van der Waals surface area contributed by atoms with Gasteiger partial charge in [-0.25, -0.2) is 0 Å². The van der Waals surface area contributed by atoms with Gasteiger partial charge in [0.15, 0.2) is 5.69 Å². The number of amides is 1. The second-order valence-electron chi connectivity index (χ2n) is 4.59. The highest BCUT2D eigenvalue weighted by atomic mass is 32.2. The van der Waals surface area contributed by atoms with E-state index in [0.29, 0.717) is 11.5 Å². The lowest BCUT2D eigenvalue weighted by Crippen LogP contribution is -2.23. The van der Waals surface area contributed by atoms with Crippen LogP contribution in [-0.2, 0) is 0 Å². The second-order valence-corrected chi connectivity index (χ2v) is 5.76. The molecule has 1 aromatic carbocycles. The zero-order valence-corrected chi connectivity index (χ0v) is 12.9. The summed E-state index contributed by atoms with van der Waals surface area (Å²) < 4.78 is 0. The van der Waals surface area contributed by atoms with Crippen molar-refractivity contribution >= 4 is 23.5 Å². The van der Waals surface area contributed by atoms with Crippen LogP contribution in [0.3, 0.4) is 0 Å². The Morgan fingerprint density at radius 2 is 1.90 bits per heavy atom. The van der Waals surface area contributed by atoms with Crippen molar-refractivity contribution in [2.45, 2.75) is 4.90 Å². The zero-order chi connectivity index (χ0) is 15.1. The quantitative estimate of drug-likeness (QED) is 0.656. The fourth-order valence-corrected chi connectivity index (χ4v) is 2.42. The molecule has 0 aliphatic rings. The molecule has 1 N–H and O–H groups in total. The number of anilines is 1. The van der Waals surface area contributed by atoms with Crippen LogP contribution in [0.2, 0.25) is 0 Å². The third-order valence-electron chi connectivity index (χ3n) is 2.71. The van der Waals surface area contributed by atoms with E-state index in [9.17, 15) is 4.79 Å². The van der Waals surface area contributed by atoms with Crippen LogP contribution in [0.15, 0.2) is 47.4 Å². The normalized spacial score (nSPS) is 10.2. The smallest absolute Gasteiger partial charge is 0.273 e.